The summed E-state index contributed by atoms with van der Waals surface area (Å²) in [6, 6.07) is 13.0. The molecule has 2 aromatic rings. The molecule has 0 bridgehead atoms. The van der Waals surface area contributed by atoms with Gasteiger partial charge in [0.1, 0.15) is 5.82 Å². The first-order valence-corrected chi connectivity index (χ1v) is 7.81. The van der Waals surface area contributed by atoms with Gasteiger partial charge in [0.2, 0.25) is 0 Å². The summed E-state index contributed by atoms with van der Waals surface area (Å²) >= 11 is 5.88. The first-order chi connectivity index (χ1) is 10.9. The van der Waals surface area contributed by atoms with Crippen LogP contribution >= 0.6 is 11.6 Å². The van der Waals surface area contributed by atoms with Crippen molar-refractivity contribution in [1.29, 1.82) is 0 Å². The predicted octanol–water partition coefficient (Wildman–Crippen LogP) is 4.94. The van der Waals surface area contributed by atoms with Crippen LogP contribution in [0.25, 0.3) is 0 Å². The SMILES string of the molecule is CC(NC(=O)N(C)C(C)c1ccc(Cl)cc1)c1ccccc1F. The van der Waals surface area contributed by atoms with E-state index in [-0.39, 0.29) is 17.9 Å². The standard InChI is InChI=1S/C18H20ClFN2O/c1-12(16-6-4-5-7-17(16)20)21-18(23)22(3)13(2)14-8-10-15(19)11-9-14/h4-13H,1-3H3,(H,21,23). The van der Waals surface area contributed by atoms with Gasteiger partial charge >= 0.3 is 6.03 Å². The number of halogens is 2. The van der Waals surface area contributed by atoms with Crippen molar-refractivity contribution in [3.63, 3.8) is 0 Å². The molecule has 0 radical (unpaired) electrons. The summed E-state index contributed by atoms with van der Waals surface area (Å²) in [5.74, 6) is -0.325. The van der Waals surface area contributed by atoms with Crippen LogP contribution in [0.2, 0.25) is 5.02 Å². The molecule has 0 spiro atoms. The highest BCUT2D eigenvalue weighted by Crippen LogP contribution is 2.22. The fourth-order valence-electron chi connectivity index (χ4n) is 2.33. The van der Waals surface area contributed by atoms with Gasteiger partial charge in [-0.3, -0.25) is 0 Å². The second-order valence-corrected chi connectivity index (χ2v) is 5.97. The van der Waals surface area contributed by atoms with Gasteiger partial charge < -0.3 is 10.2 Å². The molecule has 2 unspecified atom stereocenters. The zero-order valence-corrected chi connectivity index (χ0v) is 14.1. The van der Waals surface area contributed by atoms with Crippen molar-refractivity contribution in [2.75, 3.05) is 7.05 Å². The maximum Gasteiger partial charge on any atom is 0.318 e. The van der Waals surface area contributed by atoms with Crippen LogP contribution in [-0.2, 0) is 0 Å². The highest BCUT2D eigenvalue weighted by molar-refractivity contribution is 6.30. The van der Waals surface area contributed by atoms with Gasteiger partial charge in [-0.1, -0.05) is 41.9 Å². The quantitative estimate of drug-likeness (QED) is 0.843. The lowest BCUT2D eigenvalue weighted by Gasteiger charge is -2.27. The Morgan fingerprint density at radius 1 is 1.13 bits per heavy atom. The number of nitrogens with zero attached hydrogens (tertiary/aromatic N) is 1. The van der Waals surface area contributed by atoms with Crippen LogP contribution in [0, 0.1) is 5.82 Å². The van der Waals surface area contributed by atoms with Crippen LogP contribution in [0.5, 0.6) is 0 Å². The smallest absolute Gasteiger partial charge is 0.318 e. The largest absolute Gasteiger partial charge is 0.331 e. The van der Waals surface area contributed by atoms with Crippen molar-refractivity contribution in [3.05, 3.63) is 70.5 Å². The minimum Gasteiger partial charge on any atom is -0.331 e. The third-order valence-corrected chi connectivity index (χ3v) is 4.22. The molecule has 0 fully saturated rings. The molecule has 0 saturated carbocycles. The Balaban J connectivity index is 2.04. The number of rotatable bonds is 4. The van der Waals surface area contributed by atoms with Crippen LogP contribution < -0.4 is 5.32 Å². The summed E-state index contributed by atoms with van der Waals surface area (Å²) < 4.78 is 13.8. The van der Waals surface area contributed by atoms with Gasteiger partial charge in [0.25, 0.3) is 0 Å². The zero-order valence-electron chi connectivity index (χ0n) is 13.4. The monoisotopic (exact) mass is 334 g/mol. The van der Waals surface area contributed by atoms with Gasteiger partial charge in [0.05, 0.1) is 12.1 Å². The summed E-state index contributed by atoms with van der Waals surface area (Å²) in [6.45, 7) is 3.69. The van der Waals surface area contributed by atoms with E-state index >= 15 is 0 Å². The van der Waals surface area contributed by atoms with Crippen molar-refractivity contribution in [2.24, 2.45) is 0 Å². The topological polar surface area (TPSA) is 32.3 Å². The summed E-state index contributed by atoms with van der Waals surface area (Å²) in [6.07, 6.45) is 0. The number of hydrogen-bond acceptors (Lipinski definition) is 1. The number of carbonyl (C=O) groups is 1. The highest BCUT2D eigenvalue weighted by Gasteiger charge is 2.20. The third-order valence-electron chi connectivity index (χ3n) is 3.97. The molecule has 2 atom stereocenters. The molecule has 2 amide bonds. The van der Waals surface area contributed by atoms with Crippen molar-refractivity contribution < 1.29 is 9.18 Å². The molecular weight excluding hydrogens is 315 g/mol. The second kappa shape index (κ2) is 7.47. The average Bonchev–Trinajstić information content (AvgIpc) is 2.54. The van der Waals surface area contributed by atoms with E-state index < -0.39 is 6.04 Å². The van der Waals surface area contributed by atoms with Gasteiger partial charge in [0.15, 0.2) is 0 Å². The fourth-order valence-corrected chi connectivity index (χ4v) is 2.46. The molecule has 0 aliphatic heterocycles. The van der Waals surface area contributed by atoms with Crippen LogP contribution in [0.15, 0.2) is 48.5 Å². The highest BCUT2D eigenvalue weighted by atomic mass is 35.5. The number of benzene rings is 2. The molecular formula is C18H20ClFN2O. The number of carbonyl (C=O) groups excluding carboxylic acids is 1. The molecule has 0 heterocycles. The fraction of sp³-hybridized carbons (Fsp3) is 0.278. The molecule has 0 aromatic heterocycles. The first kappa shape index (κ1) is 17.3. The molecule has 122 valence electrons. The molecule has 0 aliphatic rings. The zero-order chi connectivity index (χ0) is 17.0. The van der Waals surface area contributed by atoms with Crippen molar-refractivity contribution >= 4 is 17.6 Å². The van der Waals surface area contributed by atoms with E-state index in [1.54, 1.807) is 49.2 Å². The Kier molecular flexibility index (Phi) is 5.61. The minimum atomic E-state index is -0.413. The molecule has 1 N–H and O–H groups in total. The molecule has 23 heavy (non-hydrogen) atoms. The van der Waals surface area contributed by atoms with E-state index in [0.29, 0.717) is 10.6 Å². The number of amides is 2. The summed E-state index contributed by atoms with van der Waals surface area (Å²) in [5.41, 5.74) is 1.44. The van der Waals surface area contributed by atoms with Crippen LogP contribution in [0.4, 0.5) is 9.18 Å². The number of nitrogens with one attached hydrogen (secondary N) is 1. The molecule has 0 saturated heterocycles. The number of urea groups is 1. The van der Waals surface area contributed by atoms with Crippen LogP contribution in [0.3, 0.4) is 0 Å². The van der Waals surface area contributed by atoms with Crippen LogP contribution in [0.1, 0.15) is 37.1 Å². The van der Waals surface area contributed by atoms with Gasteiger partial charge in [-0.05, 0) is 37.6 Å². The van der Waals surface area contributed by atoms with Crippen LogP contribution in [-0.4, -0.2) is 18.0 Å². The van der Waals surface area contributed by atoms with E-state index in [4.69, 9.17) is 11.6 Å². The molecule has 2 aromatic carbocycles. The average molecular weight is 335 g/mol. The van der Waals surface area contributed by atoms with E-state index in [9.17, 15) is 9.18 Å². The lowest BCUT2D eigenvalue weighted by Crippen LogP contribution is -2.40. The van der Waals surface area contributed by atoms with Gasteiger partial charge in [0, 0.05) is 17.6 Å². The lowest BCUT2D eigenvalue weighted by molar-refractivity contribution is 0.191. The first-order valence-electron chi connectivity index (χ1n) is 7.43. The minimum absolute atomic E-state index is 0.125. The summed E-state index contributed by atoms with van der Waals surface area (Å²) in [4.78, 5) is 14.0. The van der Waals surface area contributed by atoms with E-state index in [1.807, 2.05) is 19.1 Å². The molecule has 5 heteroatoms. The maximum absolute atomic E-state index is 13.8. The summed E-state index contributed by atoms with van der Waals surface area (Å²) in [5, 5.41) is 3.47. The van der Waals surface area contributed by atoms with E-state index in [1.165, 1.54) is 6.07 Å². The van der Waals surface area contributed by atoms with Crippen molar-refractivity contribution in [2.45, 2.75) is 25.9 Å². The Bertz CT molecular complexity index is 675. The van der Waals surface area contributed by atoms with Gasteiger partial charge in [-0.15, -0.1) is 0 Å². The third kappa shape index (κ3) is 4.23. The van der Waals surface area contributed by atoms with E-state index in [2.05, 4.69) is 5.32 Å². The Morgan fingerprint density at radius 3 is 2.35 bits per heavy atom. The lowest BCUT2D eigenvalue weighted by atomic mass is 10.1. The van der Waals surface area contributed by atoms with Gasteiger partial charge in [-0.25, -0.2) is 9.18 Å². The second-order valence-electron chi connectivity index (χ2n) is 5.53. The normalized spacial score (nSPS) is 13.3. The Hall–Kier alpha value is -2.07. The van der Waals surface area contributed by atoms with Gasteiger partial charge in [-0.2, -0.15) is 0 Å². The molecule has 3 nitrogen and oxygen atoms in total. The molecule has 0 aliphatic carbocycles. The Morgan fingerprint density at radius 2 is 1.74 bits per heavy atom. The van der Waals surface area contributed by atoms with Crippen molar-refractivity contribution in [3.8, 4) is 0 Å². The molecule has 2 rings (SSSR count). The number of hydrogen-bond donors (Lipinski definition) is 1. The maximum atomic E-state index is 13.8. The van der Waals surface area contributed by atoms with Crippen molar-refractivity contribution in [1.82, 2.24) is 10.2 Å². The predicted molar refractivity (Wildman–Crippen MR) is 91.0 cm³/mol. The summed E-state index contributed by atoms with van der Waals surface area (Å²) in [7, 11) is 1.71. The van der Waals surface area contributed by atoms with E-state index in [0.717, 1.165) is 5.56 Å². The Labute approximate surface area is 141 Å².